The van der Waals surface area contributed by atoms with Gasteiger partial charge in [0.25, 0.3) is 0 Å². The third-order valence-electron chi connectivity index (χ3n) is 3.37. The summed E-state index contributed by atoms with van der Waals surface area (Å²) in [5.41, 5.74) is 4.15. The van der Waals surface area contributed by atoms with Gasteiger partial charge < -0.3 is 5.32 Å². The van der Waals surface area contributed by atoms with Crippen LogP contribution in [0.1, 0.15) is 11.3 Å². The van der Waals surface area contributed by atoms with Gasteiger partial charge in [0.2, 0.25) is 5.91 Å². The van der Waals surface area contributed by atoms with Crippen LogP contribution in [-0.2, 0) is 11.2 Å². The lowest BCUT2D eigenvalue weighted by molar-refractivity contribution is -0.115. The molecule has 0 saturated heterocycles. The van der Waals surface area contributed by atoms with Gasteiger partial charge in [-0.1, -0.05) is 54.6 Å². The average molecular weight is 291 g/mol. The zero-order valence-electron chi connectivity index (χ0n) is 12.3. The minimum absolute atomic E-state index is 0.0725. The Morgan fingerprint density at radius 3 is 2.55 bits per heavy atom. The predicted molar refractivity (Wildman–Crippen MR) is 87.5 cm³/mol. The summed E-state index contributed by atoms with van der Waals surface area (Å²) in [6, 6.07) is 20.0. The Kier molecular flexibility index (Phi) is 4.01. The summed E-state index contributed by atoms with van der Waals surface area (Å²) < 4.78 is 0. The molecule has 0 unspecified atom stereocenters. The van der Waals surface area contributed by atoms with E-state index >= 15 is 0 Å². The Morgan fingerprint density at radius 2 is 1.82 bits per heavy atom. The molecule has 3 rings (SSSR count). The number of nitrogens with zero attached hydrogens (tertiary/aromatic N) is 1. The van der Waals surface area contributed by atoms with Crippen molar-refractivity contribution in [3.05, 3.63) is 71.9 Å². The van der Waals surface area contributed by atoms with Crippen molar-refractivity contribution in [1.82, 2.24) is 10.2 Å². The number of benzene rings is 2. The molecule has 0 atom stereocenters. The second-order valence-electron chi connectivity index (χ2n) is 5.23. The van der Waals surface area contributed by atoms with Gasteiger partial charge >= 0.3 is 0 Å². The SMILES string of the molecule is Cc1cc(NC(=O)Cc2cccc(-c3ccccc3)c2)n[nH]1. The lowest BCUT2D eigenvalue weighted by Gasteiger charge is -2.06. The number of carbonyl (C=O) groups excluding carboxylic acids is 1. The van der Waals surface area contributed by atoms with Crippen molar-refractivity contribution in [2.24, 2.45) is 0 Å². The smallest absolute Gasteiger partial charge is 0.229 e. The number of hydrogen-bond donors (Lipinski definition) is 2. The van der Waals surface area contributed by atoms with E-state index in [0.29, 0.717) is 12.2 Å². The minimum atomic E-state index is -0.0725. The minimum Gasteiger partial charge on any atom is -0.309 e. The van der Waals surface area contributed by atoms with Crippen LogP contribution < -0.4 is 5.32 Å². The van der Waals surface area contributed by atoms with Crippen LogP contribution in [0, 0.1) is 6.92 Å². The summed E-state index contributed by atoms with van der Waals surface area (Å²) in [4.78, 5) is 12.1. The first kappa shape index (κ1) is 14.1. The fourth-order valence-electron chi connectivity index (χ4n) is 2.35. The highest BCUT2D eigenvalue weighted by Gasteiger charge is 2.07. The van der Waals surface area contributed by atoms with E-state index in [9.17, 15) is 4.79 Å². The van der Waals surface area contributed by atoms with Crippen molar-refractivity contribution in [2.45, 2.75) is 13.3 Å². The lowest BCUT2D eigenvalue weighted by atomic mass is 10.0. The van der Waals surface area contributed by atoms with Crippen LogP contribution in [0.4, 0.5) is 5.82 Å². The summed E-state index contributed by atoms with van der Waals surface area (Å²) >= 11 is 0. The van der Waals surface area contributed by atoms with Crippen molar-refractivity contribution in [2.75, 3.05) is 5.32 Å². The maximum Gasteiger partial charge on any atom is 0.229 e. The molecule has 0 saturated carbocycles. The number of nitrogens with one attached hydrogen (secondary N) is 2. The summed E-state index contributed by atoms with van der Waals surface area (Å²) in [6.45, 7) is 1.89. The molecule has 4 heteroatoms. The molecule has 2 N–H and O–H groups in total. The maximum atomic E-state index is 12.1. The van der Waals surface area contributed by atoms with E-state index in [1.54, 1.807) is 6.07 Å². The summed E-state index contributed by atoms with van der Waals surface area (Å²) in [7, 11) is 0. The zero-order valence-corrected chi connectivity index (χ0v) is 12.3. The first-order valence-corrected chi connectivity index (χ1v) is 7.17. The van der Waals surface area contributed by atoms with E-state index in [1.165, 1.54) is 0 Å². The summed E-state index contributed by atoms with van der Waals surface area (Å²) in [6.07, 6.45) is 0.326. The van der Waals surface area contributed by atoms with Crippen LogP contribution in [0.2, 0.25) is 0 Å². The normalized spacial score (nSPS) is 10.4. The molecule has 3 aromatic rings. The summed E-state index contributed by atoms with van der Waals surface area (Å²) in [5, 5.41) is 9.60. The summed E-state index contributed by atoms with van der Waals surface area (Å²) in [5.74, 6) is 0.485. The average Bonchev–Trinajstić information content (AvgIpc) is 2.93. The van der Waals surface area contributed by atoms with Crippen LogP contribution in [0.25, 0.3) is 11.1 Å². The van der Waals surface area contributed by atoms with Gasteiger partial charge in [-0.15, -0.1) is 0 Å². The Hall–Kier alpha value is -2.88. The van der Waals surface area contributed by atoms with E-state index in [0.717, 1.165) is 22.4 Å². The number of H-pyrrole nitrogens is 1. The Balaban J connectivity index is 1.71. The largest absolute Gasteiger partial charge is 0.309 e. The van der Waals surface area contributed by atoms with Gasteiger partial charge in [-0.05, 0) is 23.6 Å². The maximum absolute atomic E-state index is 12.1. The van der Waals surface area contributed by atoms with Crippen LogP contribution in [0.5, 0.6) is 0 Å². The molecule has 1 heterocycles. The van der Waals surface area contributed by atoms with Crippen molar-refractivity contribution < 1.29 is 4.79 Å². The Morgan fingerprint density at radius 1 is 1.05 bits per heavy atom. The van der Waals surface area contributed by atoms with E-state index in [1.807, 2.05) is 49.4 Å². The first-order chi connectivity index (χ1) is 10.7. The molecule has 2 aromatic carbocycles. The van der Waals surface area contributed by atoms with Gasteiger partial charge in [-0.25, -0.2) is 0 Å². The van der Waals surface area contributed by atoms with Crippen LogP contribution >= 0.6 is 0 Å². The first-order valence-electron chi connectivity index (χ1n) is 7.17. The molecule has 1 aromatic heterocycles. The highest BCUT2D eigenvalue weighted by Crippen LogP contribution is 2.20. The van der Waals surface area contributed by atoms with Gasteiger partial charge in [-0.3, -0.25) is 9.89 Å². The quantitative estimate of drug-likeness (QED) is 0.772. The van der Waals surface area contributed by atoms with Crippen molar-refractivity contribution in [3.8, 4) is 11.1 Å². The second kappa shape index (κ2) is 6.26. The number of aromatic amines is 1. The fraction of sp³-hybridized carbons (Fsp3) is 0.111. The molecule has 22 heavy (non-hydrogen) atoms. The van der Waals surface area contributed by atoms with Crippen molar-refractivity contribution in [1.29, 1.82) is 0 Å². The number of aryl methyl sites for hydroxylation is 1. The highest BCUT2D eigenvalue weighted by molar-refractivity contribution is 5.91. The van der Waals surface area contributed by atoms with Crippen LogP contribution in [-0.4, -0.2) is 16.1 Å². The number of hydrogen-bond acceptors (Lipinski definition) is 2. The molecule has 4 nitrogen and oxygen atoms in total. The fourth-order valence-corrected chi connectivity index (χ4v) is 2.35. The number of aromatic nitrogens is 2. The van der Waals surface area contributed by atoms with Gasteiger partial charge in [0.05, 0.1) is 6.42 Å². The lowest BCUT2D eigenvalue weighted by Crippen LogP contribution is -2.14. The third kappa shape index (κ3) is 3.41. The highest BCUT2D eigenvalue weighted by atomic mass is 16.1. The van der Waals surface area contributed by atoms with Gasteiger partial charge in [0.1, 0.15) is 0 Å². The number of carbonyl (C=O) groups is 1. The molecule has 0 bridgehead atoms. The van der Waals surface area contributed by atoms with E-state index < -0.39 is 0 Å². The number of anilines is 1. The predicted octanol–water partition coefficient (Wildman–Crippen LogP) is 3.57. The van der Waals surface area contributed by atoms with Crippen molar-refractivity contribution >= 4 is 11.7 Å². The van der Waals surface area contributed by atoms with Gasteiger partial charge in [0, 0.05) is 11.8 Å². The molecule has 0 fully saturated rings. The van der Waals surface area contributed by atoms with Gasteiger partial charge in [-0.2, -0.15) is 5.10 Å². The molecule has 110 valence electrons. The van der Waals surface area contributed by atoms with E-state index in [2.05, 4.69) is 27.6 Å². The molecule has 0 aliphatic rings. The molecule has 0 aliphatic heterocycles. The Bertz CT molecular complexity index is 778. The molecular formula is C18H17N3O. The van der Waals surface area contributed by atoms with E-state index in [-0.39, 0.29) is 5.91 Å². The number of rotatable bonds is 4. The molecule has 0 aliphatic carbocycles. The standard InChI is InChI=1S/C18H17N3O/c1-13-10-17(21-20-13)19-18(22)12-14-6-5-9-16(11-14)15-7-3-2-4-8-15/h2-11H,12H2,1H3,(H2,19,20,21,22). The van der Waals surface area contributed by atoms with Gasteiger partial charge in [0.15, 0.2) is 5.82 Å². The topological polar surface area (TPSA) is 57.8 Å². The number of amides is 1. The van der Waals surface area contributed by atoms with E-state index in [4.69, 9.17) is 0 Å². The second-order valence-corrected chi connectivity index (χ2v) is 5.23. The van der Waals surface area contributed by atoms with Crippen molar-refractivity contribution in [3.63, 3.8) is 0 Å². The third-order valence-corrected chi connectivity index (χ3v) is 3.37. The van der Waals surface area contributed by atoms with Crippen LogP contribution in [0.3, 0.4) is 0 Å². The monoisotopic (exact) mass is 291 g/mol. The molecular weight excluding hydrogens is 274 g/mol. The molecule has 0 spiro atoms. The molecule has 1 amide bonds. The molecule has 0 radical (unpaired) electrons. The Labute approximate surface area is 129 Å². The van der Waals surface area contributed by atoms with Crippen LogP contribution in [0.15, 0.2) is 60.7 Å². The zero-order chi connectivity index (χ0) is 15.4.